The smallest absolute Gasteiger partial charge is 0.122 e. The van der Waals surface area contributed by atoms with Gasteiger partial charge in [0.25, 0.3) is 0 Å². The Balaban J connectivity index is 1.84. The van der Waals surface area contributed by atoms with Crippen LogP contribution in [-0.4, -0.2) is 24.4 Å². The molecule has 2 aromatic carbocycles. The van der Waals surface area contributed by atoms with Crippen LogP contribution in [-0.2, 0) is 6.42 Å². The summed E-state index contributed by atoms with van der Waals surface area (Å²) in [5, 5.41) is 13.7. The molecule has 0 aliphatic carbocycles. The number of para-hydroxylation sites is 1. The van der Waals surface area contributed by atoms with Crippen molar-refractivity contribution in [2.75, 3.05) is 13.2 Å². The van der Waals surface area contributed by atoms with Crippen molar-refractivity contribution in [3.8, 4) is 5.75 Å². The van der Waals surface area contributed by atoms with Crippen LogP contribution in [0.25, 0.3) is 0 Å². The van der Waals surface area contributed by atoms with Crippen LogP contribution in [0.3, 0.4) is 0 Å². The maximum atomic E-state index is 10.3. The van der Waals surface area contributed by atoms with E-state index in [1.54, 1.807) is 0 Å². The largest absolute Gasteiger partial charge is 0.491 e. The summed E-state index contributed by atoms with van der Waals surface area (Å²) in [7, 11) is 0. The second kappa shape index (κ2) is 10.0. The lowest BCUT2D eigenvalue weighted by atomic mass is 10.0. The number of aliphatic hydroxyl groups excluding tert-OH is 1. The molecule has 0 aliphatic rings. The van der Waals surface area contributed by atoms with Crippen LogP contribution in [0.15, 0.2) is 61.2 Å². The van der Waals surface area contributed by atoms with Gasteiger partial charge in [-0.15, -0.1) is 6.58 Å². The van der Waals surface area contributed by atoms with Crippen molar-refractivity contribution < 1.29 is 9.84 Å². The van der Waals surface area contributed by atoms with Gasteiger partial charge in [0.2, 0.25) is 0 Å². The van der Waals surface area contributed by atoms with Gasteiger partial charge in [0, 0.05) is 12.6 Å². The van der Waals surface area contributed by atoms with Crippen molar-refractivity contribution in [1.29, 1.82) is 0 Å². The quantitative estimate of drug-likeness (QED) is 0.637. The first-order valence-electron chi connectivity index (χ1n) is 8.93. The van der Waals surface area contributed by atoms with Gasteiger partial charge >= 0.3 is 0 Å². The van der Waals surface area contributed by atoms with Crippen LogP contribution in [0.4, 0.5) is 0 Å². The monoisotopic (exact) mass is 339 g/mol. The fourth-order valence-corrected chi connectivity index (χ4v) is 2.79. The molecule has 3 heteroatoms. The van der Waals surface area contributed by atoms with E-state index in [1.807, 2.05) is 30.3 Å². The Morgan fingerprint density at radius 3 is 2.56 bits per heavy atom. The molecule has 134 valence electrons. The number of aryl methyl sites for hydroxylation is 1. The van der Waals surface area contributed by atoms with E-state index < -0.39 is 6.10 Å². The topological polar surface area (TPSA) is 41.5 Å². The van der Waals surface area contributed by atoms with Crippen molar-refractivity contribution >= 4 is 0 Å². The molecular formula is C22H29NO2. The molecule has 0 saturated heterocycles. The maximum absolute atomic E-state index is 10.3. The number of hydrogen-bond donors (Lipinski definition) is 2. The van der Waals surface area contributed by atoms with E-state index >= 15 is 0 Å². The number of allylic oxidation sites excluding steroid dienone is 1. The zero-order valence-corrected chi connectivity index (χ0v) is 15.2. The molecule has 0 fully saturated rings. The summed E-state index contributed by atoms with van der Waals surface area (Å²) >= 11 is 0. The van der Waals surface area contributed by atoms with Gasteiger partial charge in [-0.1, -0.05) is 61.0 Å². The maximum Gasteiger partial charge on any atom is 0.122 e. The minimum absolute atomic E-state index is 0.239. The molecule has 0 aliphatic heterocycles. The first-order valence-corrected chi connectivity index (χ1v) is 8.93. The van der Waals surface area contributed by atoms with E-state index in [0.717, 1.165) is 24.2 Å². The summed E-state index contributed by atoms with van der Waals surface area (Å²) in [5.74, 6) is 0.812. The first kappa shape index (κ1) is 19.2. The Labute approximate surface area is 151 Å². The van der Waals surface area contributed by atoms with Gasteiger partial charge in [0.15, 0.2) is 0 Å². The van der Waals surface area contributed by atoms with Gasteiger partial charge in [-0.2, -0.15) is 0 Å². The lowest BCUT2D eigenvalue weighted by Gasteiger charge is -2.21. The predicted molar refractivity (Wildman–Crippen MR) is 104 cm³/mol. The summed E-state index contributed by atoms with van der Waals surface area (Å²) in [5.41, 5.74) is 3.59. The van der Waals surface area contributed by atoms with Crippen LogP contribution in [0.2, 0.25) is 0 Å². The minimum atomic E-state index is -0.559. The molecule has 0 saturated carbocycles. The van der Waals surface area contributed by atoms with Crippen LogP contribution >= 0.6 is 0 Å². The van der Waals surface area contributed by atoms with Crippen LogP contribution in [0.5, 0.6) is 5.75 Å². The summed E-state index contributed by atoms with van der Waals surface area (Å²) < 4.78 is 5.80. The summed E-state index contributed by atoms with van der Waals surface area (Å²) in [6.07, 6.45) is 3.03. The Morgan fingerprint density at radius 1 is 1.16 bits per heavy atom. The average Bonchev–Trinajstić information content (AvgIpc) is 2.63. The summed E-state index contributed by atoms with van der Waals surface area (Å²) in [4.78, 5) is 0. The predicted octanol–water partition coefficient (Wildman–Crippen LogP) is 4.20. The Bertz CT molecular complexity index is 651. The molecule has 0 bridgehead atoms. The fraction of sp³-hybridized carbons (Fsp3) is 0.364. The van der Waals surface area contributed by atoms with Gasteiger partial charge in [0.1, 0.15) is 18.5 Å². The van der Waals surface area contributed by atoms with Gasteiger partial charge in [-0.05, 0) is 37.0 Å². The van der Waals surface area contributed by atoms with Crippen LogP contribution in [0.1, 0.15) is 36.1 Å². The molecular weight excluding hydrogens is 310 g/mol. The van der Waals surface area contributed by atoms with E-state index in [9.17, 15) is 5.11 Å². The van der Waals surface area contributed by atoms with Crippen molar-refractivity contribution in [1.82, 2.24) is 5.32 Å². The van der Waals surface area contributed by atoms with E-state index in [-0.39, 0.29) is 12.6 Å². The van der Waals surface area contributed by atoms with Crippen molar-refractivity contribution in [3.63, 3.8) is 0 Å². The van der Waals surface area contributed by atoms with Crippen LogP contribution in [0, 0.1) is 6.92 Å². The normalized spacial score (nSPS) is 13.2. The second-order valence-corrected chi connectivity index (χ2v) is 6.35. The first-order chi connectivity index (χ1) is 12.1. The SMILES string of the molecule is C=CCc1ccccc1OCC(O)CNC(CC)c1ccc(C)cc1. The van der Waals surface area contributed by atoms with Gasteiger partial charge in [-0.3, -0.25) is 0 Å². The Hall–Kier alpha value is -2.10. The molecule has 0 aromatic heterocycles. The number of aliphatic hydroxyl groups is 1. The molecule has 0 amide bonds. The number of rotatable bonds is 10. The molecule has 2 rings (SSSR count). The standard InChI is InChI=1S/C22H29NO2/c1-4-8-19-9-6-7-10-22(19)25-16-20(24)15-23-21(5-2)18-13-11-17(3)12-14-18/h4,6-7,9-14,20-21,23-24H,1,5,8,15-16H2,2-3H3. The number of nitrogens with one attached hydrogen (secondary N) is 1. The highest BCUT2D eigenvalue weighted by molar-refractivity contribution is 5.34. The third-order valence-electron chi connectivity index (χ3n) is 4.26. The average molecular weight is 339 g/mol. The van der Waals surface area contributed by atoms with Gasteiger partial charge < -0.3 is 15.2 Å². The lowest BCUT2D eigenvalue weighted by Crippen LogP contribution is -2.33. The molecule has 0 spiro atoms. The number of hydrogen-bond acceptors (Lipinski definition) is 3. The highest BCUT2D eigenvalue weighted by atomic mass is 16.5. The highest BCUT2D eigenvalue weighted by Gasteiger charge is 2.12. The van der Waals surface area contributed by atoms with E-state index in [2.05, 4.69) is 50.0 Å². The van der Waals surface area contributed by atoms with Crippen molar-refractivity contribution in [2.45, 2.75) is 38.8 Å². The third-order valence-corrected chi connectivity index (χ3v) is 4.26. The fourth-order valence-electron chi connectivity index (χ4n) is 2.79. The molecule has 0 heterocycles. The third kappa shape index (κ3) is 6.04. The Kier molecular flexibility index (Phi) is 7.71. The van der Waals surface area contributed by atoms with E-state index in [0.29, 0.717) is 6.54 Å². The number of ether oxygens (including phenoxy) is 1. The van der Waals surface area contributed by atoms with Crippen molar-refractivity contribution in [3.05, 3.63) is 77.9 Å². The second-order valence-electron chi connectivity index (χ2n) is 6.35. The molecule has 3 nitrogen and oxygen atoms in total. The molecule has 2 N–H and O–H groups in total. The zero-order chi connectivity index (χ0) is 18.1. The highest BCUT2D eigenvalue weighted by Crippen LogP contribution is 2.19. The molecule has 25 heavy (non-hydrogen) atoms. The zero-order valence-electron chi connectivity index (χ0n) is 15.2. The minimum Gasteiger partial charge on any atom is -0.491 e. The molecule has 2 unspecified atom stereocenters. The molecule has 2 aromatic rings. The van der Waals surface area contributed by atoms with E-state index in [4.69, 9.17) is 4.74 Å². The molecule has 0 radical (unpaired) electrons. The summed E-state index contributed by atoms with van der Waals surface area (Å²) in [6, 6.07) is 16.6. The Morgan fingerprint density at radius 2 is 1.88 bits per heavy atom. The summed E-state index contributed by atoms with van der Waals surface area (Å²) in [6.45, 7) is 8.77. The molecule has 2 atom stereocenters. The number of benzene rings is 2. The van der Waals surface area contributed by atoms with Crippen LogP contribution < -0.4 is 10.1 Å². The van der Waals surface area contributed by atoms with Gasteiger partial charge in [0.05, 0.1) is 0 Å². The van der Waals surface area contributed by atoms with Crippen molar-refractivity contribution in [2.24, 2.45) is 0 Å². The van der Waals surface area contributed by atoms with E-state index in [1.165, 1.54) is 11.1 Å². The van der Waals surface area contributed by atoms with Gasteiger partial charge in [-0.25, -0.2) is 0 Å². The lowest BCUT2D eigenvalue weighted by molar-refractivity contribution is 0.103.